The lowest BCUT2D eigenvalue weighted by Gasteiger charge is -2.38. The summed E-state index contributed by atoms with van der Waals surface area (Å²) in [6, 6.07) is 16.4. The fraction of sp³-hybridized carbons (Fsp3) is 0.389. The molecule has 2 bridgehead atoms. The summed E-state index contributed by atoms with van der Waals surface area (Å²) >= 11 is 0. The first-order valence-electron chi connectivity index (χ1n) is 7.78. The zero-order valence-corrected chi connectivity index (χ0v) is 12.1. The molecule has 3 heteroatoms. The van der Waals surface area contributed by atoms with Gasteiger partial charge in [-0.15, -0.1) is 0 Å². The lowest BCUT2D eigenvalue weighted by atomic mass is 9.94. The average Bonchev–Trinajstić information content (AvgIpc) is 2.78. The van der Waals surface area contributed by atoms with Crippen LogP contribution in [-0.2, 0) is 0 Å². The summed E-state index contributed by atoms with van der Waals surface area (Å²) < 4.78 is 6.28. The third-order valence-corrected chi connectivity index (χ3v) is 4.74. The zero-order valence-electron chi connectivity index (χ0n) is 12.1. The minimum absolute atomic E-state index is 0.368. The third kappa shape index (κ3) is 2.48. The topological polar surface area (TPSA) is 25.4 Å². The van der Waals surface area contributed by atoms with Gasteiger partial charge in [0.1, 0.15) is 17.7 Å². The number of anilines is 1. The Labute approximate surface area is 125 Å². The molecule has 21 heavy (non-hydrogen) atoms. The molecule has 1 saturated heterocycles. The molecule has 2 aromatic rings. The minimum Gasteiger partial charge on any atom is -0.490 e. The fourth-order valence-corrected chi connectivity index (χ4v) is 3.75. The molecule has 1 unspecified atom stereocenters. The van der Waals surface area contributed by atoms with Crippen molar-refractivity contribution in [3.8, 4) is 5.75 Å². The van der Waals surface area contributed by atoms with Gasteiger partial charge >= 0.3 is 0 Å². The summed E-state index contributed by atoms with van der Waals surface area (Å²) in [6.45, 7) is 2.12. The number of para-hydroxylation sites is 1. The summed E-state index contributed by atoms with van der Waals surface area (Å²) in [6.07, 6.45) is 4.79. The van der Waals surface area contributed by atoms with E-state index in [1.807, 2.05) is 30.5 Å². The van der Waals surface area contributed by atoms with Crippen LogP contribution in [0.3, 0.4) is 0 Å². The van der Waals surface area contributed by atoms with Gasteiger partial charge in [-0.3, -0.25) is 0 Å². The summed E-state index contributed by atoms with van der Waals surface area (Å²) in [5.41, 5.74) is 0. The van der Waals surface area contributed by atoms with E-state index in [1.54, 1.807) is 0 Å². The number of pyridine rings is 1. The highest BCUT2D eigenvalue weighted by Gasteiger charge is 2.43. The molecule has 108 valence electrons. The normalized spacial score (nSPS) is 27.6. The maximum atomic E-state index is 6.28. The molecule has 0 amide bonds. The highest BCUT2D eigenvalue weighted by molar-refractivity contribution is 5.39. The van der Waals surface area contributed by atoms with Gasteiger partial charge in [0.2, 0.25) is 0 Å². The zero-order chi connectivity index (χ0) is 14.1. The van der Waals surface area contributed by atoms with E-state index < -0.39 is 0 Å². The Morgan fingerprint density at radius 1 is 0.905 bits per heavy atom. The van der Waals surface area contributed by atoms with Crippen LogP contribution in [0.4, 0.5) is 5.82 Å². The number of nitrogens with zero attached hydrogens (tertiary/aromatic N) is 2. The predicted molar refractivity (Wildman–Crippen MR) is 83.5 cm³/mol. The smallest absolute Gasteiger partial charge is 0.128 e. The van der Waals surface area contributed by atoms with E-state index in [0.29, 0.717) is 17.9 Å². The first-order valence-corrected chi connectivity index (χ1v) is 7.78. The van der Waals surface area contributed by atoms with Crippen LogP contribution in [0.15, 0.2) is 54.7 Å². The number of piperidine rings is 1. The number of rotatable bonds is 3. The van der Waals surface area contributed by atoms with Crippen molar-refractivity contribution in [2.75, 3.05) is 18.0 Å². The highest BCUT2D eigenvalue weighted by Crippen LogP contribution is 2.40. The standard InChI is InChI=1S/C18H20N2O/c1-2-6-16(7-3-1)21-18-14-9-10-15(18)13-20(12-14)17-8-4-5-11-19-17/h1-8,11,14-15,18H,9-10,12-13H2/t14-,15+,18?. The summed E-state index contributed by atoms with van der Waals surface area (Å²) in [5, 5.41) is 0. The van der Waals surface area contributed by atoms with Gasteiger partial charge in [-0.25, -0.2) is 4.98 Å². The molecular formula is C18H20N2O. The molecule has 0 N–H and O–H groups in total. The molecule has 1 aromatic carbocycles. The number of ether oxygens (including phenoxy) is 1. The van der Waals surface area contributed by atoms with Crippen molar-refractivity contribution in [2.24, 2.45) is 11.8 Å². The number of aromatic nitrogens is 1. The van der Waals surface area contributed by atoms with Gasteiger partial charge in [0, 0.05) is 31.1 Å². The third-order valence-electron chi connectivity index (χ3n) is 4.74. The van der Waals surface area contributed by atoms with Gasteiger partial charge in [-0.2, -0.15) is 0 Å². The van der Waals surface area contributed by atoms with Crippen LogP contribution in [0.1, 0.15) is 12.8 Å². The highest BCUT2D eigenvalue weighted by atomic mass is 16.5. The van der Waals surface area contributed by atoms with Crippen molar-refractivity contribution in [1.29, 1.82) is 0 Å². The second kappa shape index (κ2) is 5.40. The van der Waals surface area contributed by atoms with Crippen molar-refractivity contribution in [1.82, 2.24) is 4.98 Å². The SMILES string of the molecule is c1ccc(OC2[C@@H]3CC[C@H]2CN(c2ccccn2)C3)cc1. The Hall–Kier alpha value is -2.03. The van der Waals surface area contributed by atoms with Crippen LogP contribution in [0.5, 0.6) is 5.75 Å². The molecule has 0 spiro atoms. The van der Waals surface area contributed by atoms with E-state index in [0.717, 1.165) is 24.7 Å². The second-order valence-corrected chi connectivity index (χ2v) is 6.09. The lowest BCUT2D eigenvalue weighted by molar-refractivity contribution is 0.103. The largest absolute Gasteiger partial charge is 0.490 e. The molecule has 1 aromatic heterocycles. The quantitative estimate of drug-likeness (QED) is 0.862. The van der Waals surface area contributed by atoms with E-state index in [1.165, 1.54) is 12.8 Å². The lowest BCUT2D eigenvalue weighted by Crippen LogP contribution is -2.47. The van der Waals surface area contributed by atoms with Crippen molar-refractivity contribution in [3.05, 3.63) is 54.7 Å². The molecule has 3 nitrogen and oxygen atoms in total. The Morgan fingerprint density at radius 3 is 2.29 bits per heavy atom. The molecule has 2 heterocycles. The Morgan fingerprint density at radius 2 is 1.62 bits per heavy atom. The molecule has 0 radical (unpaired) electrons. The second-order valence-electron chi connectivity index (χ2n) is 6.09. The Balaban J connectivity index is 1.49. The monoisotopic (exact) mass is 280 g/mol. The van der Waals surface area contributed by atoms with E-state index in [2.05, 4.69) is 34.1 Å². The van der Waals surface area contributed by atoms with Gasteiger partial charge in [0.25, 0.3) is 0 Å². The number of hydrogen-bond donors (Lipinski definition) is 0. The van der Waals surface area contributed by atoms with Crippen molar-refractivity contribution >= 4 is 5.82 Å². The number of fused-ring (bicyclic) bond motifs is 2. The van der Waals surface area contributed by atoms with E-state index in [4.69, 9.17) is 4.74 Å². The van der Waals surface area contributed by atoms with E-state index in [9.17, 15) is 0 Å². The van der Waals surface area contributed by atoms with Gasteiger partial charge in [0.05, 0.1) is 0 Å². The summed E-state index contributed by atoms with van der Waals surface area (Å²) in [5.74, 6) is 3.34. The number of hydrogen-bond acceptors (Lipinski definition) is 3. The summed E-state index contributed by atoms with van der Waals surface area (Å²) in [4.78, 5) is 6.92. The van der Waals surface area contributed by atoms with Crippen LogP contribution in [0.2, 0.25) is 0 Å². The van der Waals surface area contributed by atoms with Crippen molar-refractivity contribution < 1.29 is 4.74 Å². The van der Waals surface area contributed by atoms with Crippen LogP contribution in [0, 0.1) is 11.8 Å². The maximum Gasteiger partial charge on any atom is 0.128 e. The Kier molecular flexibility index (Phi) is 3.26. The molecular weight excluding hydrogens is 260 g/mol. The maximum absolute atomic E-state index is 6.28. The first-order chi connectivity index (χ1) is 10.4. The minimum atomic E-state index is 0.368. The predicted octanol–water partition coefficient (Wildman–Crippen LogP) is 3.38. The molecule has 1 aliphatic heterocycles. The van der Waals surface area contributed by atoms with Crippen molar-refractivity contribution in [2.45, 2.75) is 18.9 Å². The van der Waals surface area contributed by atoms with Crippen LogP contribution < -0.4 is 9.64 Å². The molecule has 3 atom stereocenters. The van der Waals surface area contributed by atoms with Crippen LogP contribution >= 0.6 is 0 Å². The molecule has 4 rings (SSSR count). The Bertz CT molecular complexity index is 573. The molecule has 1 saturated carbocycles. The van der Waals surface area contributed by atoms with E-state index >= 15 is 0 Å². The van der Waals surface area contributed by atoms with E-state index in [-0.39, 0.29) is 0 Å². The molecule has 2 aliphatic rings. The first kappa shape index (κ1) is 12.7. The van der Waals surface area contributed by atoms with Gasteiger partial charge in [-0.1, -0.05) is 24.3 Å². The average molecular weight is 280 g/mol. The van der Waals surface area contributed by atoms with Gasteiger partial charge in [-0.05, 0) is 37.1 Å². The van der Waals surface area contributed by atoms with Crippen molar-refractivity contribution in [3.63, 3.8) is 0 Å². The molecule has 2 fully saturated rings. The van der Waals surface area contributed by atoms with Gasteiger partial charge < -0.3 is 9.64 Å². The summed E-state index contributed by atoms with van der Waals surface area (Å²) in [7, 11) is 0. The fourth-order valence-electron chi connectivity index (χ4n) is 3.75. The number of benzene rings is 1. The van der Waals surface area contributed by atoms with Gasteiger partial charge in [0.15, 0.2) is 0 Å². The molecule has 1 aliphatic carbocycles. The van der Waals surface area contributed by atoms with Crippen LogP contribution in [0.25, 0.3) is 0 Å². The van der Waals surface area contributed by atoms with Crippen LogP contribution in [-0.4, -0.2) is 24.2 Å².